The summed E-state index contributed by atoms with van der Waals surface area (Å²) in [4.78, 5) is 40.2. The van der Waals surface area contributed by atoms with Crippen LogP contribution in [0.4, 0.5) is 23.0 Å². The molecule has 2 fully saturated rings. The number of carbonyl (C=O) groups excluding carboxylic acids is 2. The number of nitrogens with one attached hydrogen (secondary N) is 1. The molecule has 3 heterocycles. The molecule has 1 aromatic heterocycles. The lowest BCUT2D eigenvalue weighted by Gasteiger charge is -2.37. The number of anilines is 4. The molecular formula is C28H28Cl2N6O3. The predicted molar refractivity (Wildman–Crippen MR) is 151 cm³/mol. The van der Waals surface area contributed by atoms with Crippen LogP contribution in [0.15, 0.2) is 48.7 Å². The number of aromatic nitrogens is 2. The van der Waals surface area contributed by atoms with E-state index in [1.54, 1.807) is 18.2 Å². The van der Waals surface area contributed by atoms with Crippen molar-refractivity contribution in [3.63, 3.8) is 0 Å². The van der Waals surface area contributed by atoms with Gasteiger partial charge in [0.2, 0.25) is 17.7 Å². The van der Waals surface area contributed by atoms with Gasteiger partial charge in [-0.25, -0.2) is 4.98 Å². The molecule has 9 nitrogen and oxygen atoms in total. The van der Waals surface area contributed by atoms with Gasteiger partial charge >= 0.3 is 0 Å². The minimum absolute atomic E-state index is 0.0695. The summed E-state index contributed by atoms with van der Waals surface area (Å²) in [6.07, 6.45) is 5.87. The summed E-state index contributed by atoms with van der Waals surface area (Å²) in [6.45, 7) is 3.09. The molecule has 2 amide bonds. The number of fused-ring (bicyclic) bond motifs is 1. The van der Waals surface area contributed by atoms with Gasteiger partial charge in [0.05, 0.1) is 15.7 Å². The fraction of sp³-hybridized carbons (Fsp3) is 0.357. The number of amides is 2. The third-order valence-corrected chi connectivity index (χ3v) is 8.16. The Morgan fingerprint density at radius 3 is 2.36 bits per heavy atom. The fourth-order valence-corrected chi connectivity index (χ4v) is 6.03. The minimum Gasteiger partial charge on any atom is -0.455 e. The number of para-hydroxylation sites is 1. The van der Waals surface area contributed by atoms with Crippen LogP contribution in [0, 0.1) is 5.92 Å². The molecule has 3 aromatic rings. The van der Waals surface area contributed by atoms with Crippen LogP contribution < -0.4 is 19.9 Å². The van der Waals surface area contributed by atoms with Gasteiger partial charge in [0, 0.05) is 49.7 Å². The van der Waals surface area contributed by atoms with Gasteiger partial charge in [0.15, 0.2) is 6.73 Å². The molecule has 3 aliphatic rings. The fourth-order valence-electron chi connectivity index (χ4n) is 5.43. The molecule has 0 spiro atoms. The normalized spacial score (nSPS) is 17.7. The van der Waals surface area contributed by atoms with E-state index in [0.717, 1.165) is 50.4 Å². The first-order chi connectivity index (χ1) is 19.0. The summed E-state index contributed by atoms with van der Waals surface area (Å²) in [7, 11) is 0. The summed E-state index contributed by atoms with van der Waals surface area (Å²) in [5, 5.41) is 3.88. The van der Waals surface area contributed by atoms with E-state index in [9.17, 15) is 9.59 Å². The average molecular weight is 567 g/mol. The number of halogens is 2. The summed E-state index contributed by atoms with van der Waals surface area (Å²) in [5.41, 5.74) is 2.52. The number of hydrogen-bond donors (Lipinski definition) is 1. The topological polar surface area (TPSA) is 90.9 Å². The number of rotatable bonds is 5. The first-order valence-corrected chi connectivity index (χ1v) is 13.9. The van der Waals surface area contributed by atoms with Crippen LogP contribution in [0.5, 0.6) is 5.88 Å². The smallest absolute Gasteiger partial charge is 0.268 e. The van der Waals surface area contributed by atoms with Gasteiger partial charge < -0.3 is 19.9 Å². The number of carbonyl (C=O) groups is 2. The summed E-state index contributed by atoms with van der Waals surface area (Å²) in [6, 6.07) is 13.0. The molecule has 11 heteroatoms. The zero-order valence-electron chi connectivity index (χ0n) is 21.3. The Morgan fingerprint density at radius 2 is 1.67 bits per heavy atom. The van der Waals surface area contributed by atoms with Crippen molar-refractivity contribution >= 4 is 58.0 Å². The number of ether oxygens (including phenoxy) is 1. The monoisotopic (exact) mass is 566 g/mol. The Hall–Kier alpha value is -3.56. The van der Waals surface area contributed by atoms with Crippen LogP contribution >= 0.6 is 23.2 Å². The number of benzene rings is 2. The summed E-state index contributed by atoms with van der Waals surface area (Å²) in [5.74, 6) is 0.738. The van der Waals surface area contributed by atoms with E-state index in [0.29, 0.717) is 27.6 Å². The summed E-state index contributed by atoms with van der Waals surface area (Å²) < 4.78 is 5.77. The van der Waals surface area contributed by atoms with Gasteiger partial charge in [-0.3, -0.25) is 14.5 Å². The van der Waals surface area contributed by atoms with Crippen LogP contribution in [0.25, 0.3) is 0 Å². The highest BCUT2D eigenvalue weighted by atomic mass is 35.5. The Balaban J connectivity index is 1.08. The van der Waals surface area contributed by atoms with Crippen molar-refractivity contribution in [2.75, 3.05) is 48.0 Å². The van der Waals surface area contributed by atoms with Crippen molar-refractivity contribution in [3.8, 4) is 5.88 Å². The SMILES string of the molecule is O=C(C1CCCC1)N1CCN(c2ccc(Nc3ncc4c(n3)OCN(c3c(Cl)cccc3Cl)C4=O)cc2)CC1. The Bertz CT molecular complexity index is 1370. The highest BCUT2D eigenvalue weighted by Crippen LogP contribution is 2.37. The third kappa shape index (κ3) is 5.21. The average Bonchev–Trinajstić information content (AvgIpc) is 3.50. The van der Waals surface area contributed by atoms with Crippen LogP contribution in [0.1, 0.15) is 36.0 Å². The molecule has 39 heavy (non-hydrogen) atoms. The zero-order chi connectivity index (χ0) is 26.9. The van der Waals surface area contributed by atoms with E-state index in [2.05, 4.69) is 20.2 Å². The van der Waals surface area contributed by atoms with E-state index >= 15 is 0 Å². The number of hydrogen-bond acceptors (Lipinski definition) is 7. The van der Waals surface area contributed by atoms with Crippen molar-refractivity contribution in [2.24, 2.45) is 5.92 Å². The molecule has 1 saturated carbocycles. The molecule has 202 valence electrons. The van der Waals surface area contributed by atoms with Crippen molar-refractivity contribution in [1.82, 2.24) is 14.9 Å². The van der Waals surface area contributed by atoms with E-state index in [-0.39, 0.29) is 30.0 Å². The second kappa shape index (κ2) is 10.9. The zero-order valence-corrected chi connectivity index (χ0v) is 22.8. The number of nitrogens with zero attached hydrogens (tertiary/aromatic N) is 5. The second-order valence-electron chi connectivity index (χ2n) is 9.95. The quantitative estimate of drug-likeness (QED) is 0.444. The minimum atomic E-state index is -0.341. The van der Waals surface area contributed by atoms with E-state index in [1.807, 2.05) is 29.2 Å². The van der Waals surface area contributed by atoms with E-state index in [4.69, 9.17) is 27.9 Å². The molecule has 1 saturated heterocycles. The third-order valence-electron chi connectivity index (χ3n) is 7.55. The highest BCUT2D eigenvalue weighted by molar-refractivity contribution is 6.40. The first kappa shape index (κ1) is 25.7. The molecule has 1 aliphatic carbocycles. The standard InChI is InChI=1S/C28H28Cl2N6O3/c29-22-6-3-7-23(30)24(22)36-17-39-25-21(27(36)38)16-31-28(33-25)32-19-8-10-20(11-9-19)34-12-14-35(15-13-34)26(37)18-4-1-2-5-18/h3,6-11,16,18H,1-2,4-5,12-15,17H2,(H,31,32,33). The lowest BCUT2D eigenvalue weighted by molar-refractivity contribution is -0.135. The molecule has 6 rings (SSSR count). The van der Waals surface area contributed by atoms with E-state index < -0.39 is 0 Å². The maximum Gasteiger partial charge on any atom is 0.268 e. The highest BCUT2D eigenvalue weighted by Gasteiger charge is 2.32. The molecule has 1 N–H and O–H groups in total. The van der Waals surface area contributed by atoms with Gasteiger partial charge in [0.25, 0.3) is 5.91 Å². The van der Waals surface area contributed by atoms with Gasteiger partial charge in [-0.1, -0.05) is 42.1 Å². The van der Waals surface area contributed by atoms with Crippen molar-refractivity contribution in [3.05, 3.63) is 64.3 Å². The molecule has 2 aliphatic heterocycles. The maximum absolute atomic E-state index is 13.1. The molecular weight excluding hydrogens is 539 g/mol. The molecule has 0 unspecified atom stereocenters. The largest absolute Gasteiger partial charge is 0.455 e. The number of piperazine rings is 1. The predicted octanol–water partition coefficient (Wildman–Crippen LogP) is 5.36. The van der Waals surface area contributed by atoms with Crippen LogP contribution in [-0.2, 0) is 4.79 Å². The van der Waals surface area contributed by atoms with Gasteiger partial charge in [-0.15, -0.1) is 0 Å². The second-order valence-corrected chi connectivity index (χ2v) is 10.8. The van der Waals surface area contributed by atoms with Crippen LogP contribution in [0.2, 0.25) is 10.0 Å². The molecule has 0 radical (unpaired) electrons. The van der Waals surface area contributed by atoms with Crippen LogP contribution in [0.3, 0.4) is 0 Å². The van der Waals surface area contributed by atoms with Crippen LogP contribution in [-0.4, -0.2) is 59.6 Å². The van der Waals surface area contributed by atoms with Gasteiger partial charge in [-0.2, -0.15) is 4.98 Å². The Kier molecular flexibility index (Phi) is 7.18. The van der Waals surface area contributed by atoms with Gasteiger partial charge in [0.1, 0.15) is 5.56 Å². The van der Waals surface area contributed by atoms with Crippen molar-refractivity contribution in [2.45, 2.75) is 25.7 Å². The summed E-state index contributed by atoms with van der Waals surface area (Å²) >= 11 is 12.6. The molecule has 0 atom stereocenters. The van der Waals surface area contributed by atoms with E-state index in [1.165, 1.54) is 23.9 Å². The van der Waals surface area contributed by atoms with Crippen molar-refractivity contribution in [1.29, 1.82) is 0 Å². The van der Waals surface area contributed by atoms with Gasteiger partial charge in [-0.05, 0) is 49.2 Å². The Labute approximate surface area is 236 Å². The first-order valence-electron chi connectivity index (χ1n) is 13.1. The lowest BCUT2D eigenvalue weighted by atomic mass is 10.1. The Morgan fingerprint density at radius 1 is 0.974 bits per heavy atom. The molecule has 2 aromatic carbocycles. The van der Waals surface area contributed by atoms with Crippen molar-refractivity contribution < 1.29 is 14.3 Å². The maximum atomic E-state index is 13.1. The lowest BCUT2D eigenvalue weighted by Crippen LogP contribution is -2.50. The molecule has 0 bridgehead atoms.